The third-order valence-electron chi connectivity index (χ3n) is 4.31. The van der Waals surface area contributed by atoms with Crippen LogP contribution in [0.2, 0.25) is 0 Å². The van der Waals surface area contributed by atoms with Gasteiger partial charge in [-0.3, -0.25) is 4.90 Å². The highest BCUT2D eigenvalue weighted by Crippen LogP contribution is 2.25. The van der Waals surface area contributed by atoms with Crippen molar-refractivity contribution < 1.29 is 4.74 Å². The molecule has 112 valence electrons. The fourth-order valence-electron chi connectivity index (χ4n) is 2.68. The van der Waals surface area contributed by atoms with E-state index in [2.05, 4.69) is 44.5 Å². The van der Waals surface area contributed by atoms with Crippen LogP contribution in [0, 0.1) is 0 Å². The lowest BCUT2D eigenvalue weighted by molar-refractivity contribution is -0.0232. The molecule has 0 saturated carbocycles. The van der Waals surface area contributed by atoms with E-state index in [-0.39, 0.29) is 5.54 Å². The van der Waals surface area contributed by atoms with Gasteiger partial charge in [-0.25, -0.2) is 0 Å². The van der Waals surface area contributed by atoms with Gasteiger partial charge in [0.25, 0.3) is 0 Å². The van der Waals surface area contributed by atoms with Gasteiger partial charge >= 0.3 is 0 Å². The molecule has 3 heteroatoms. The molecule has 1 heterocycles. The smallest absolute Gasteiger partial charge is 0.0594 e. The number of hydrogen-bond donors (Lipinski definition) is 1. The van der Waals surface area contributed by atoms with Gasteiger partial charge in [0.15, 0.2) is 0 Å². The predicted molar refractivity (Wildman–Crippen MR) is 82.6 cm³/mol. The normalized spacial score (nSPS) is 19.4. The van der Waals surface area contributed by atoms with Crippen LogP contribution in [0.4, 0.5) is 0 Å². The van der Waals surface area contributed by atoms with Crippen LogP contribution in [-0.2, 0) is 4.74 Å². The summed E-state index contributed by atoms with van der Waals surface area (Å²) in [6, 6.07) is 0.470. The topological polar surface area (TPSA) is 24.5 Å². The van der Waals surface area contributed by atoms with Crippen molar-refractivity contribution in [3.63, 3.8) is 0 Å². The molecule has 1 aliphatic heterocycles. The molecule has 1 N–H and O–H groups in total. The molecule has 1 rings (SSSR count). The Hall–Kier alpha value is -0.380. The second kappa shape index (κ2) is 8.03. The molecular weight excluding hydrogens is 236 g/mol. The summed E-state index contributed by atoms with van der Waals surface area (Å²) in [5.74, 6) is 0. The van der Waals surface area contributed by atoms with Crippen molar-refractivity contribution >= 4 is 0 Å². The van der Waals surface area contributed by atoms with Gasteiger partial charge in [-0.1, -0.05) is 26.0 Å². The number of nitrogens with zero attached hydrogens (tertiary/aromatic N) is 1. The molecule has 0 spiro atoms. The Balaban J connectivity index is 2.70. The van der Waals surface area contributed by atoms with Gasteiger partial charge in [-0.2, -0.15) is 0 Å². The maximum atomic E-state index is 5.48. The molecule has 0 radical (unpaired) electrons. The van der Waals surface area contributed by atoms with Gasteiger partial charge in [0.1, 0.15) is 0 Å². The van der Waals surface area contributed by atoms with E-state index in [4.69, 9.17) is 4.74 Å². The molecule has 0 aromatic heterocycles. The zero-order valence-corrected chi connectivity index (χ0v) is 13.3. The fraction of sp³-hybridized carbons (Fsp3) is 0.875. The summed E-state index contributed by atoms with van der Waals surface area (Å²) in [6.07, 6.45) is 3.32. The van der Waals surface area contributed by atoms with Crippen LogP contribution in [-0.4, -0.2) is 49.3 Å². The Labute approximate surface area is 119 Å². The summed E-state index contributed by atoms with van der Waals surface area (Å²) in [6.45, 7) is 18.2. The van der Waals surface area contributed by atoms with Crippen molar-refractivity contribution in [2.45, 2.75) is 58.5 Å². The van der Waals surface area contributed by atoms with Crippen molar-refractivity contribution in [2.24, 2.45) is 0 Å². The third kappa shape index (κ3) is 4.90. The van der Waals surface area contributed by atoms with Crippen LogP contribution in [0.15, 0.2) is 12.2 Å². The van der Waals surface area contributed by atoms with Gasteiger partial charge < -0.3 is 10.1 Å². The van der Waals surface area contributed by atoms with Crippen molar-refractivity contribution in [3.8, 4) is 0 Å². The van der Waals surface area contributed by atoms with E-state index in [1.165, 1.54) is 12.0 Å². The maximum Gasteiger partial charge on any atom is 0.0594 e. The van der Waals surface area contributed by atoms with Gasteiger partial charge in [-0.15, -0.1) is 0 Å². The van der Waals surface area contributed by atoms with E-state index in [1.54, 1.807) is 0 Å². The molecule has 1 saturated heterocycles. The number of rotatable bonds is 8. The van der Waals surface area contributed by atoms with Crippen LogP contribution < -0.4 is 5.32 Å². The molecule has 1 fully saturated rings. The maximum absolute atomic E-state index is 5.48. The Morgan fingerprint density at radius 3 is 2.47 bits per heavy atom. The van der Waals surface area contributed by atoms with Crippen LogP contribution in [0.5, 0.6) is 0 Å². The minimum atomic E-state index is 0.150. The number of nitrogens with one attached hydrogen (secondary N) is 1. The Kier molecular flexibility index (Phi) is 7.05. The molecule has 1 unspecified atom stereocenters. The molecule has 19 heavy (non-hydrogen) atoms. The van der Waals surface area contributed by atoms with E-state index < -0.39 is 0 Å². The average Bonchev–Trinajstić information content (AvgIpc) is 2.43. The summed E-state index contributed by atoms with van der Waals surface area (Å²) in [4.78, 5) is 2.56. The quantitative estimate of drug-likeness (QED) is 0.685. The van der Waals surface area contributed by atoms with Crippen molar-refractivity contribution in [2.75, 3.05) is 32.8 Å². The van der Waals surface area contributed by atoms with Crippen LogP contribution >= 0.6 is 0 Å². The summed E-state index contributed by atoms with van der Waals surface area (Å²) in [5.41, 5.74) is 1.49. The van der Waals surface area contributed by atoms with Gasteiger partial charge in [0.05, 0.1) is 13.2 Å². The van der Waals surface area contributed by atoms with Gasteiger partial charge in [-0.05, 0) is 39.7 Å². The van der Waals surface area contributed by atoms with E-state index in [0.717, 1.165) is 45.7 Å². The first-order valence-corrected chi connectivity index (χ1v) is 7.75. The van der Waals surface area contributed by atoms with E-state index in [1.807, 2.05) is 0 Å². The van der Waals surface area contributed by atoms with Crippen LogP contribution in [0.25, 0.3) is 0 Å². The average molecular weight is 268 g/mol. The van der Waals surface area contributed by atoms with Crippen molar-refractivity contribution in [1.82, 2.24) is 10.2 Å². The first kappa shape index (κ1) is 16.7. The van der Waals surface area contributed by atoms with Crippen LogP contribution in [0.3, 0.4) is 0 Å². The van der Waals surface area contributed by atoms with Gasteiger partial charge in [0, 0.05) is 24.7 Å². The number of hydrogen-bond acceptors (Lipinski definition) is 3. The lowest BCUT2D eigenvalue weighted by Gasteiger charge is -2.46. The zero-order chi connectivity index (χ0) is 14.3. The first-order valence-electron chi connectivity index (χ1n) is 7.75. The van der Waals surface area contributed by atoms with Gasteiger partial charge in [0.2, 0.25) is 0 Å². The highest BCUT2D eigenvalue weighted by molar-refractivity contribution is 5.04. The standard InChI is InChI=1S/C16H32N2O/c1-6-8-17-15(13-14(3)7-2)16(4,5)18-9-11-19-12-10-18/h15,17H,3,6-13H2,1-2,4-5H3. The summed E-state index contributed by atoms with van der Waals surface area (Å²) < 4.78 is 5.48. The molecule has 0 aliphatic carbocycles. The summed E-state index contributed by atoms with van der Waals surface area (Å²) in [5, 5.41) is 3.73. The molecule has 0 bridgehead atoms. The lowest BCUT2D eigenvalue weighted by atomic mass is 9.86. The third-order valence-corrected chi connectivity index (χ3v) is 4.31. The second-order valence-corrected chi connectivity index (χ2v) is 6.07. The highest BCUT2D eigenvalue weighted by atomic mass is 16.5. The van der Waals surface area contributed by atoms with Crippen LogP contribution in [0.1, 0.15) is 47.0 Å². The first-order chi connectivity index (χ1) is 9.02. The summed E-state index contributed by atoms with van der Waals surface area (Å²) >= 11 is 0. The molecular formula is C16H32N2O. The minimum absolute atomic E-state index is 0.150. The monoisotopic (exact) mass is 268 g/mol. The molecule has 1 aliphatic rings. The summed E-state index contributed by atoms with van der Waals surface area (Å²) in [7, 11) is 0. The van der Waals surface area contributed by atoms with E-state index >= 15 is 0 Å². The zero-order valence-electron chi connectivity index (χ0n) is 13.3. The lowest BCUT2D eigenvalue weighted by Crippen LogP contribution is -2.60. The Bertz CT molecular complexity index is 270. The van der Waals surface area contributed by atoms with Crippen molar-refractivity contribution in [3.05, 3.63) is 12.2 Å². The van der Waals surface area contributed by atoms with E-state index in [9.17, 15) is 0 Å². The molecule has 0 amide bonds. The second-order valence-electron chi connectivity index (χ2n) is 6.07. The molecule has 1 atom stereocenters. The highest BCUT2D eigenvalue weighted by Gasteiger charge is 2.35. The molecule has 0 aromatic carbocycles. The molecule has 3 nitrogen and oxygen atoms in total. The Morgan fingerprint density at radius 1 is 1.32 bits per heavy atom. The SMILES string of the molecule is C=C(CC)CC(NCCC)C(C)(C)N1CCOCC1. The predicted octanol–water partition coefficient (Wildman–Crippen LogP) is 2.82. The Morgan fingerprint density at radius 2 is 1.95 bits per heavy atom. The molecule has 0 aromatic rings. The van der Waals surface area contributed by atoms with Crippen molar-refractivity contribution in [1.29, 1.82) is 0 Å². The van der Waals surface area contributed by atoms with E-state index in [0.29, 0.717) is 6.04 Å². The fourth-order valence-corrected chi connectivity index (χ4v) is 2.68. The number of morpholine rings is 1. The minimum Gasteiger partial charge on any atom is -0.379 e. The largest absolute Gasteiger partial charge is 0.379 e. The number of ether oxygens (including phenoxy) is 1.